The summed E-state index contributed by atoms with van der Waals surface area (Å²) in [5.74, 6) is 0.668. The van der Waals surface area contributed by atoms with Gasteiger partial charge < -0.3 is 25.4 Å². The topological polar surface area (TPSA) is 84.0 Å². The van der Waals surface area contributed by atoms with E-state index in [2.05, 4.69) is 27.9 Å². The maximum Gasteiger partial charge on any atom is 0.222 e. The van der Waals surface area contributed by atoms with Crippen LogP contribution in [0.1, 0.15) is 31.7 Å². The zero-order chi connectivity index (χ0) is 19.6. The van der Waals surface area contributed by atoms with Crippen LogP contribution in [0.4, 0.5) is 0 Å². The summed E-state index contributed by atoms with van der Waals surface area (Å²) in [6.45, 7) is 6.46. The van der Waals surface area contributed by atoms with E-state index in [-0.39, 0.29) is 5.91 Å². The van der Waals surface area contributed by atoms with Gasteiger partial charge in [-0.1, -0.05) is 43.7 Å². The van der Waals surface area contributed by atoms with E-state index in [1.54, 1.807) is 7.05 Å². The Morgan fingerprint density at radius 1 is 0.963 bits per heavy atom. The van der Waals surface area contributed by atoms with Gasteiger partial charge in [0.1, 0.15) is 0 Å². The van der Waals surface area contributed by atoms with Crippen LogP contribution in [0.2, 0.25) is 0 Å². The van der Waals surface area contributed by atoms with E-state index in [9.17, 15) is 4.79 Å². The molecule has 0 heterocycles. The fourth-order valence-corrected chi connectivity index (χ4v) is 2.21. The van der Waals surface area contributed by atoms with Gasteiger partial charge in [0.05, 0.1) is 19.8 Å². The first-order valence-corrected chi connectivity index (χ1v) is 9.67. The van der Waals surface area contributed by atoms with Crippen LogP contribution in [0, 0.1) is 0 Å². The summed E-state index contributed by atoms with van der Waals surface area (Å²) in [7, 11) is 1.70. The first kappa shape index (κ1) is 22.9. The molecule has 1 aromatic carbocycles. The van der Waals surface area contributed by atoms with Crippen LogP contribution in [-0.2, 0) is 20.8 Å². The van der Waals surface area contributed by atoms with Crippen molar-refractivity contribution in [3.8, 4) is 0 Å². The van der Waals surface area contributed by atoms with Gasteiger partial charge in [-0.25, -0.2) is 0 Å². The van der Waals surface area contributed by atoms with E-state index in [0.29, 0.717) is 51.8 Å². The van der Waals surface area contributed by atoms with Gasteiger partial charge in [0, 0.05) is 39.7 Å². The number of guanidine groups is 1. The summed E-state index contributed by atoms with van der Waals surface area (Å²) < 4.78 is 10.9. The Hall–Kier alpha value is -2.12. The Balaban J connectivity index is 2.00. The summed E-state index contributed by atoms with van der Waals surface area (Å²) in [5.41, 5.74) is 1.09. The average Bonchev–Trinajstić information content (AvgIpc) is 2.70. The average molecular weight is 379 g/mol. The molecule has 0 spiro atoms. The molecule has 7 nitrogen and oxygen atoms in total. The van der Waals surface area contributed by atoms with Gasteiger partial charge in [-0.3, -0.25) is 9.79 Å². The highest BCUT2D eigenvalue weighted by molar-refractivity contribution is 5.81. The van der Waals surface area contributed by atoms with Gasteiger partial charge in [-0.15, -0.1) is 0 Å². The lowest BCUT2D eigenvalue weighted by atomic mass is 10.2. The Morgan fingerprint density at radius 3 is 2.37 bits per heavy atom. The molecular weight excluding hydrogens is 344 g/mol. The van der Waals surface area contributed by atoms with E-state index in [1.165, 1.54) is 0 Å². The van der Waals surface area contributed by atoms with Crippen molar-refractivity contribution in [3.05, 3.63) is 35.9 Å². The molecule has 27 heavy (non-hydrogen) atoms. The van der Waals surface area contributed by atoms with Crippen molar-refractivity contribution in [2.75, 3.05) is 46.6 Å². The Bertz CT molecular complexity index is 523. The maximum absolute atomic E-state index is 11.9. The lowest BCUT2D eigenvalue weighted by Gasteiger charge is -2.12. The summed E-state index contributed by atoms with van der Waals surface area (Å²) >= 11 is 0. The Kier molecular flexibility index (Phi) is 13.7. The molecule has 0 aliphatic rings. The minimum Gasteiger partial charge on any atom is -0.379 e. The maximum atomic E-state index is 11.9. The smallest absolute Gasteiger partial charge is 0.222 e. The molecule has 1 rings (SSSR count). The van der Waals surface area contributed by atoms with Gasteiger partial charge in [0.25, 0.3) is 0 Å². The molecule has 0 saturated heterocycles. The number of hydrogen-bond donors (Lipinski definition) is 3. The van der Waals surface area contributed by atoms with Crippen molar-refractivity contribution in [1.82, 2.24) is 16.0 Å². The van der Waals surface area contributed by atoms with Crippen LogP contribution >= 0.6 is 0 Å². The monoisotopic (exact) mass is 378 g/mol. The Labute approximate surface area is 162 Å². The third-order valence-electron chi connectivity index (χ3n) is 3.75. The summed E-state index contributed by atoms with van der Waals surface area (Å²) in [5, 5.41) is 9.18. The highest BCUT2D eigenvalue weighted by Gasteiger charge is 2.02. The van der Waals surface area contributed by atoms with Crippen LogP contribution in [0.5, 0.6) is 0 Å². The van der Waals surface area contributed by atoms with E-state index in [0.717, 1.165) is 25.0 Å². The number of hydrogen-bond acceptors (Lipinski definition) is 4. The standard InChI is InChI=1S/C20H34N4O3/c1-3-4-13-26-15-16-27-14-12-23-20(21-2)22-11-10-19(25)24-17-18-8-6-5-7-9-18/h5-9H,3-4,10-17H2,1-2H3,(H,24,25)(H2,21,22,23). The molecule has 0 aromatic heterocycles. The van der Waals surface area contributed by atoms with Gasteiger partial charge >= 0.3 is 0 Å². The van der Waals surface area contributed by atoms with E-state index in [1.807, 2.05) is 30.3 Å². The molecule has 0 bridgehead atoms. The van der Waals surface area contributed by atoms with Crippen molar-refractivity contribution >= 4 is 11.9 Å². The van der Waals surface area contributed by atoms with Crippen molar-refractivity contribution in [1.29, 1.82) is 0 Å². The molecule has 0 radical (unpaired) electrons. The van der Waals surface area contributed by atoms with Crippen LogP contribution in [0.15, 0.2) is 35.3 Å². The molecule has 3 N–H and O–H groups in total. The SMILES string of the molecule is CCCCOCCOCCNC(=NC)NCCC(=O)NCc1ccccc1. The number of nitrogens with one attached hydrogen (secondary N) is 3. The molecule has 0 atom stereocenters. The van der Waals surface area contributed by atoms with E-state index >= 15 is 0 Å². The van der Waals surface area contributed by atoms with Crippen molar-refractivity contribution < 1.29 is 14.3 Å². The molecule has 0 unspecified atom stereocenters. The predicted octanol–water partition coefficient (Wildman–Crippen LogP) is 1.69. The van der Waals surface area contributed by atoms with Crippen molar-refractivity contribution in [3.63, 3.8) is 0 Å². The number of rotatable bonds is 14. The van der Waals surface area contributed by atoms with Gasteiger partial charge in [0.2, 0.25) is 5.91 Å². The number of unbranched alkanes of at least 4 members (excludes halogenated alkanes) is 1. The lowest BCUT2D eigenvalue weighted by molar-refractivity contribution is -0.121. The highest BCUT2D eigenvalue weighted by Crippen LogP contribution is 1.97. The Morgan fingerprint density at radius 2 is 1.67 bits per heavy atom. The second-order valence-electron chi connectivity index (χ2n) is 6.02. The molecule has 0 saturated carbocycles. The molecule has 152 valence electrons. The molecule has 1 aromatic rings. The number of aliphatic imine (C=N–C) groups is 1. The quantitative estimate of drug-likeness (QED) is 0.261. The fourth-order valence-electron chi connectivity index (χ4n) is 2.21. The minimum atomic E-state index is 0.00760. The van der Waals surface area contributed by atoms with Crippen LogP contribution < -0.4 is 16.0 Å². The molecule has 0 aliphatic carbocycles. The summed E-state index contributed by atoms with van der Waals surface area (Å²) in [4.78, 5) is 16.0. The third kappa shape index (κ3) is 12.8. The number of nitrogens with zero attached hydrogens (tertiary/aromatic N) is 1. The number of benzene rings is 1. The first-order chi connectivity index (χ1) is 13.3. The zero-order valence-electron chi connectivity index (χ0n) is 16.6. The van der Waals surface area contributed by atoms with Gasteiger partial charge in [-0.05, 0) is 12.0 Å². The number of carbonyl (C=O) groups excluding carboxylic acids is 1. The second-order valence-corrected chi connectivity index (χ2v) is 6.02. The first-order valence-electron chi connectivity index (χ1n) is 9.67. The molecule has 7 heteroatoms. The predicted molar refractivity (Wildman–Crippen MR) is 109 cm³/mol. The highest BCUT2D eigenvalue weighted by atomic mass is 16.5. The van der Waals surface area contributed by atoms with E-state index < -0.39 is 0 Å². The lowest BCUT2D eigenvalue weighted by Crippen LogP contribution is -2.40. The van der Waals surface area contributed by atoms with Gasteiger partial charge in [-0.2, -0.15) is 0 Å². The number of amides is 1. The fraction of sp³-hybridized carbons (Fsp3) is 0.600. The largest absolute Gasteiger partial charge is 0.379 e. The second kappa shape index (κ2) is 16.1. The van der Waals surface area contributed by atoms with Crippen LogP contribution in [-0.4, -0.2) is 58.4 Å². The van der Waals surface area contributed by atoms with Crippen molar-refractivity contribution in [2.24, 2.45) is 4.99 Å². The van der Waals surface area contributed by atoms with Crippen LogP contribution in [0.25, 0.3) is 0 Å². The van der Waals surface area contributed by atoms with Crippen molar-refractivity contribution in [2.45, 2.75) is 32.7 Å². The molecule has 0 aliphatic heterocycles. The third-order valence-corrected chi connectivity index (χ3v) is 3.75. The van der Waals surface area contributed by atoms with Crippen LogP contribution in [0.3, 0.4) is 0 Å². The molecule has 0 fully saturated rings. The summed E-state index contributed by atoms with van der Waals surface area (Å²) in [6.07, 6.45) is 2.62. The number of ether oxygens (including phenoxy) is 2. The summed E-state index contributed by atoms with van der Waals surface area (Å²) in [6, 6.07) is 9.86. The molecule has 1 amide bonds. The zero-order valence-corrected chi connectivity index (χ0v) is 16.6. The normalized spacial score (nSPS) is 11.3. The van der Waals surface area contributed by atoms with E-state index in [4.69, 9.17) is 9.47 Å². The van der Waals surface area contributed by atoms with Gasteiger partial charge in [0.15, 0.2) is 5.96 Å². The minimum absolute atomic E-state index is 0.00760. The molecular formula is C20H34N4O3. The number of carbonyl (C=O) groups is 1.